The zero-order chi connectivity index (χ0) is 14.5. The van der Waals surface area contributed by atoms with E-state index < -0.39 is 5.97 Å². The van der Waals surface area contributed by atoms with Crippen LogP contribution >= 0.6 is 15.9 Å². The molecule has 1 amide bonds. The molecule has 1 heterocycles. The number of rotatable bonds is 4. The Morgan fingerprint density at radius 2 is 2.35 bits per heavy atom. The van der Waals surface area contributed by atoms with Gasteiger partial charge in [0.2, 0.25) is 5.91 Å². The molecule has 1 aromatic heterocycles. The molecule has 0 aliphatic heterocycles. The zero-order valence-corrected chi connectivity index (χ0v) is 12.6. The molecule has 0 spiro atoms. The van der Waals surface area contributed by atoms with Gasteiger partial charge in [0.05, 0.1) is 7.11 Å². The predicted molar refractivity (Wildman–Crippen MR) is 77.0 cm³/mol. The number of esters is 1. The highest BCUT2D eigenvalue weighted by molar-refractivity contribution is 9.10. The third kappa shape index (κ3) is 3.66. The zero-order valence-electron chi connectivity index (χ0n) is 11.1. The number of amides is 1. The van der Waals surface area contributed by atoms with Gasteiger partial charge in [0, 0.05) is 41.3 Å². The van der Waals surface area contributed by atoms with Gasteiger partial charge in [-0.3, -0.25) is 9.78 Å². The van der Waals surface area contributed by atoms with Gasteiger partial charge in [0.1, 0.15) is 0 Å². The number of fused-ring (bicyclic) bond motifs is 1. The Labute approximate surface area is 125 Å². The van der Waals surface area contributed by atoms with Crippen LogP contribution in [-0.2, 0) is 27.2 Å². The summed E-state index contributed by atoms with van der Waals surface area (Å²) in [5.41, 5.74) is 2.10. The van der Waals surface area contributed by atoms with E-state index >= 15 is 0 Å². The van der Waals surface area contributed by atoms with E-state index in [1.165, 1.54) is 13.2 Å². The molecule has 1 unspecified atom stereocenters. The van der Waals surface area contributed by atoms with Crippen LogP contribution in [0.5, 0.6) is 0 Å². The van der Waals surface area contributed by atoms with Crippen LogP contribution in [0, 0.1) is 5.92 Å². The molecule has 1 aliphatic carbocycles. The molecule has 1 atom stereocenters. The monoisotopic (exact) mass is 338 g/mol. The van der Waals surface area contributed by atoms with Gasteiger partial charge in [-0.25, -0.2) is 4.79 Å². The summed E-state index contributed by atoms with van der Waals surface area (Å²) in [6.07, 6.45) is 5.98. The average Bonchev–Trinajstić information content (AvgIpc) is 2.86. The summed E-state index contributed by atoms with van der Waals surface area (Å²) < 4.78 is 5.39. The number of carbonyl (C=O) groups is 2. The first kappa shape index (κ1) is 14.7. The van der Waals surface area contributed by atoms with Crippen LogP contribution in [-0.4, -0.2) is 30.5 Å². The van der Waals surface area contributed by atoms with Crippen molar-refractivity contribution in [2.75, 3.05) is 13.7 Å². The lowest BCUT2D eigenvalue weighted by atomic mass is 10.1. The number of aromatic nitrogens is 1. The van der Waals surface area contributed by atoms with Crippen molar-refractivity contribution in [2.24, 2.45) is 5.92 Å². The standard InChI is InChI=1S/C14H15BrN2O3/c1-20-13(18)3-2-4-16-14(19)10-5-9-6-11(15)8-17-12(9)7-10/h2-3,6,8,10H,4-5,7H2,1H3,(H,16,19)/b3-2+. The molecule has 0 fully saturated rings. The van der Waals surface area contributed by atoms with Crippen molar-refractivity contribution >= 4 is 27.8 Å². The minimum atomic E-state index is -0.429. The minimum Gasteiger partial charge on any atom is -0.466 e. The lowest BCUT2D eigenvalue weighted by molar-refractivity contribution is -0.135. The summed E-state index contributed by atoms with van der Waals surface area (Å²) in [6, 6.07) is 2.01. The molecule has 20 heavy (non-hydrogen) atoms. The summed E-state index contributed by atoms with van der Waals surface area (Å²) in [5.74, 6) is -0.534. The molecule has 0 radical (unpaired) electrons. The van der Waals surface area contributed by atoms with Gasteiger partial charge in [-0.2, -0.15) is 0 Å². The van der Waals surface area contributed by atoms with Crippen molar-refractivity contribution < 1.29 is 14.3 Å². The number of hydrogen-bond acceptors (Lipinski definition) is 4. The van der Waals surface area contributed by atoms with E-state index in [4.69, 9.17) is 0 Å². The smallest absolute Gasteiger partial charge is 0.330 e. The summed E-state index contributed by atoms with van der Waals surface area (Å²) in [5, 5.41) is 2.78. The molecule has 5 nitrogen and oxygen atoms in total. The Kier molecular flexibility index (Phi) is 4.89. The fraction of sp³-hybridized carbons (Fsp3) is 0.357. The second-order valence-electron chi connectivity index (χ2n) is 4.54. The summed E-state index contributed by atoms with van der Waals surface area (Å²) in [6.45, 7) is 0.317. The fourth-order valence-corrected chi connectivity index (χ4v) is 2.53. The van der Waals surface area contributed by atoms with Crippen LogP contribution in [0.25, 0.3) is 0 Å². The number of methoxy groups -OCH3 is 1. The predicted octanol–water partition coefficient (Wildman–Crippen LogP) is 1.40. The first-order chi connectivity index (χ1) is 9.60. The summed E-state index contributed by atoms with van der Waals surface area (Å²) in [7, 11) is 1.31. The van der Waals surface area contributed by atoms with E-state index in [0.29, 0.717) is 19.4 Å². The number of halogens is 1. The lowest BCUT2D eigenvalue weighted by Gasteiger charge is -2.08. The third-order valence-electron chi connectivity index (χ3n) is 3.15. The van der Waals surface area contributed by atoms with Gasteiger partial charge in [-0.05, 0) is 34.0 Å². The van der Waals surface area contributed by atoms with Crippen LogP contribution in [0.4, 0.5) is 0 Å². The second kappa shape index (κ2) is 6.65. The Morgan fingerprint density at radius 3 is 3.10 bits per heavy atom. The number of hydrogen-bond donors (Lipinski definition) is 1. The highest BCUT2D eigenvalue weighted by Crippen LogP contribution is 2.27. The van der Waals surface area contributed by atoms with Crippen molar-refractivity contribution in [3.05, 3.63) is 40.1 Å². The van der Waals surface area contributed by atoms with Gasteiger partial charge < -0.3 is 10.1 Å². The summed E-state index contributed by atoms with van der Waals surface area (Å²) in [4.78, 5) is 27.2. The molecular weight excluding hydrogens is 324 g/mol. The van der Waals surface area contributed by atoms with E-state index in [2.05, 4.69) is 31.0 Å². The lowest BCUT2D eigenvalue weighted by Crippen LogP contribution is -2.31. The first-order valence-corrected chi connectivity index (χ1v) is 7.05. The Hall–Kier alpha value is -1.69. The number of pyridine rings is 1. The largest absolute Gasteiger partial charge is 0.466 e. The van der Waals surface area contributed by atoms with Gasteiger partial charge in [-0.15, -0.1) is 0 Å². The molecule has 2 rings (SSSR count). The Morgan fingerprint density at radius 1 is 1.55 bits per heavy atom. The molecule has 0 saturated carbocycles. The van der Waals surface area contributed by atoms with Crippen LogP contribution in [0.3, 0.4) is 0 Å². The summed E-state index contributed by atoms with van der Waals surface area (Å²) >= 11 is 3.38. The number of nitrogens with one attached hydrogen (secondary N) is 1. The molecule has 0 bridgehead atoms. The number of carbonyl (C=O) groups excluding carboxylic acids is 2. The Bertz CT molecular complexity index is 557. The second-order valence-corrected chi connectivity index (χ2v) is 5.45. The van der Waals surface area contributed by atoms with E-state index in [9.17, 15) is 9.59 Å². The number of nitrogens with zero attached hydrogens (tertiary/aromatic N) is 1. The maximum atomic E-state index is 12.0. The topological polar surface area (TPSA) is 68.3 Å². The first-order valence-electron chi connectivity index (χ1n) is 6.25. The van der Waals surface area contributed by atoms with Crippen molar-refractivity contribution in [3.8, 4) is 0 Å². The van der Waals surface area contributed by atoms with E-state index in [-0.39, 0.29) is 11.8 Å². The maximum absolute atomic E-state index is 12.0. The van der Waals surface area contributed by atoms with E-state index in [1.807, 2.05) is 6.07 Å². The number of ether oxygens (including phenoxy) is 1. The molecule has 1 aliphatic rings. The highest BCUT2D eigenvalue weighted by Gasteiger charge is 2.28. The molecule has 6 heteroatoms. The van der Waals surface area contributed by atoms with Crippen molar-refractivity contribution in [2.45, 2.75) is 12.8 Å². The molecule has 1 aromatic rings. The minimum absolute atomic E-state index is 0.0198. The third-order valence-corrected chi connectivity index (χ3v) is 3.59. The average molecular weight is 339 g/mol. The van der Waals surface area contributed by atoms with Crippen molar-refractivity contribution in [3.63, 3.8) is 0 Å². The SMILES string of the molecule is COC(=O)/C=C/CNC(=O)C1Cc2cc(Br)cnc2C1. The molecular formula is C14H15BrN2O3. The van der Waals surface area contributed by atoms with Gasteiger partial charge in [-0.1, -0.05) is 6.08 Å². The molecule has 1 N–H and O–H groups in total. The van der Waals surface area contributed by atoms with Crippen LogP contribution in [0.1, 0.15) is 11.3 Å². The highest BCUT2D eigenvalue weighted by atomic mass is 79.9. The van der Waals surface area contributed by atoms with Crippen LogP contribution in [0.15, 0.2) is 28.9 Å². The normalized spacial score (nSPS) is 17.0. The quantitative estimate of drug-likeness (QED) is 0.665. The van der Waals surface area contributed by atoms with Crippen molar-refractivity contribution in [1.82, 2.24) is 10.3 Å². The van der Waals surface area contributed by atoms with Gasteiger partial charge in [0.15, 0.2) is 0 Å². The molecule has 0 aromatic carbocycles. The van der Waals surface area contributed by atoms with E-state index in [1.54, 1.807) is 12.3 Å². The van der Waals surface area contributed by atoms with Crippen LogP contribution < -0.4 is 5.32 Å². The molecule has 106 valence electrons. The fourth-order valence-electron chi connectivity index (χ4n) is 2.15. The van der Waals surface area contributed by atoms with E-state index in [0.717, 1.165) is 15.7 Å². The maximum Gasteiger partial charge on any atom is 0.330 e. The van der Waals surface area contributed by atoms with Gasteiger partial charge in [0.25, 0.3) is 0 Å². The van der Waals surface area contributed by atoms with Crippen molar-refractivity contribution in [1.29, 1.82) is 0 Å². The Balaban J connectivity index is 1.84. The van der Waals surface area contributed by atoms with Crippen LogP contribution in [0.2, 0.25) is 0 Å². The van der Waals surface area contributed by atoms with Gasteiger partial charge >= 0.3 is 5.97 Å². The molecule has 0 saturated heterocycles.